The first-order chi connectivity index (χ1) is 32.9. The van der Waals surface area contributed by atoms with E-state index in [4.69, 9.17) is 0 Å². The van der Waals surface area contributed by atoms with Crippen molar-refractivity contribution in [2.45, 2.75) is 323 Å². The number of hydrogen-bond acceptors (Lipinski definition) is 4. The maximum Gasteiger partial charge on any atom is 0.0498 e. The smallest absolute Gasteiger partial charge is 0.0498 e. The molecule has 2 unspecified atom stereocenters. The van der Waals surface area contributed by atoms with Gasteiger partial charge in [-0.1, -0.05) is 265 Å². The van der Waals surface area contributed by atoms with E-state index in [1.165, 1.54) is 289 Å². The van der Waals surface area contributed by atoms with Gasteiger partial charge in [-0.2, -0.15) is 0 Å². The van der Waals surface area contributed by atoms with Crippen molar-refractivity contribution < 1.29 is 0 Å². The molecule has 2 atom stereocenters. The highest BCUT2D eigenvalue weighted by Crippen LogP contribution is 2.23. The molecule has 4 nitrogen and oxygen atoms in total. The molecule has 0 aromatic rings. The summed E-state index contributed by atoms with van der Waals surface area (Å²) in [5.74, 6) is 0. The maximum atomic E-state index is 2.88. The molecule has 0 aliphatic heterocycles. The minimum atomic E-state index is 0.454. The van der Waals surface area contributed by atoms with Crippen molar-refractivity contribution in [3.8, 4) is 0 Å². The summed E-state index contributed by atoms with van der Waals surface area (Å²) in [5, 5.41) is 0. The van der Waals surface area contributed by atoms with E-state index in [2.05, 4.69) is 112 Å². The molecule has 0 aromatic heterocycles. The van der Waals surface area contributed by atoms with Gasteiger partial charge in [-0.15, -0.1) is 0 Å². The van der Waals surface area contributed by atoms with E-state index >= 15 is 0 Å². The van der Waals surface area contributed by atoms with E-state index in [-0.39, 0.29) is 0 Å². The average molecular weight is 940 g/mol. The van der Waals surface area contributed by atoms with Crippen LogP contribution in [0.15, 0.2) is 36.8 Å². The third-order valence-electron chi connectivity index (χ3n) is 14.6. The Hall–Kier alpha value is -1.26. The van der Waals surface area contributed by atoms with Crippen LogP contribution in [0.4, 0.5) is 0 Å². The van der Waals surface area contributed by atoms with Crippen LogP contribution in [0, 0.1) is 0 Å². The first-order valence-electron chi connectivity index (χ1n) is 30.8. The topological polar surface area (TPSA) is 13.0 Å². The number of nitrogens with zero attached hydrogens (tertiary/aromatic N) is 4. The zero-order valence-corrected chi connectivity index (χ0v) is 47.6. The Morgan fingerprint density at radius 3 is 0.866 bits per heavy atom. The molecule has 0 saturated heterocycles. The second-order valence-corrected chi connectivity index (χ2v) is 21.7. The van der Waals surface area contributed by atoms with Crippen molar-refractivity contribution in [1.29, 1.82) is 0 Å². The number of allylic oxidation sites excluding steroid dienone is 3. The fraction of sp³-hybridized carbons (Fsp3) is 0.905. The molecule has 0 heterocycles. The van der Waals surface area contributed by atoms with E-state index in [0.717, 1.165) is 13.1 Å². The van der Waals surface area contributed by atoms with Gasteiger partial charge >= 0.3 is 0 Å². The summed E-state index contributed by atoms with van der Waals surface area (Å²) in [4.78, 5) is 10.5. The van der Waals surface area contributed by atoms with Crippen molar-refractivity contribution in [1.82, 2.24) is 19.6 Å². The lowest BCUT2D eigenvalue weighted by molar-refractivity contribution is 0.101. The Morgan fingerprint density at radius 1 is 0.284 bits per heavy atom. The minimum absolute atomic E-state index is 0.454. The van der Waals surface area contributed by atoms with E-state index in [9.17, 15) is 0 Å². The fourth-order valence-electron chi connectivity index (χ4n) is 10.2. The first-order valence-corrected chi connectivity index (χ1v) is 30.8. The molecule has 0 amide bonds. The van der Waals surface area contributed by atoms with Gasteiger partial charge in [0, 0.05) is 25.7 Å². The molecular weight excluding hydrogens is 813 g/mol. The summed E-state index contributed by atoms with van der Waals surface area (Å²) < 4.78 is 0. The molecule has 0 saturated carbocycles. The quantitative estimate of drug-likeness (QED) is 0.0563. The van der Waals surface area contributed by atoms with Crippen LogP contribution in [0.5, 0.6) is 0 Å². The SMILES string of the molecule is CCCCCCCCCCC=CN(C)CCC(C(CCN(C)C)N(C=CCCCCCCCCCCCCCCCC)C=CCCCCCCCCCCCCCCCC)N(CCC)CCC. The predicted molar refractivity (Wildman–Crippen MR) is 306 cm³/mol. The Balaban J connectivity index is 5.59. The van der Waals surface area contributed by atoms with Crippen LogP contribution in [0.1, 0.15) is 311 Å². The average Bonchev–Trinajstić information content (AvgIpc) is 3.32. The summed E-state index contributed by atoms with van der Waals surface area (Å²) in [6, 6.07) is 0.968. The second kappa shape index (κ2) is 54.1. The lowest BCUT2D eigenvalue weighted by atomic mass is 9.96. The molecule has 0 bridgehead atoms. The molecule has 0 aliphatic carbocycles. The van der Waals surface area contributed by atoms with Gasteiger partial charge in [0.1, 0.15) is 0 Å². The van der Waals surface area contributed by atoms with Crippen molar-refractivity contribution in [2.75, 3.05) is 47.3 Å². The normalized spacial score (nSPS) is 13.2. The third kappa shape index (κ3) is 45.6. The number of hydrogen-bond donors (Lipinski definition) is 0. The van der Waals surface area contributed by atoms with Gasteiger partial charge in [0.05, 0.1) is 0 Å². The minimum Gasteiger partial charge on any atom is -0.381 e. The highest BCUT2D eigenvalue weighted by molar-refractivity contribution is 5.01. The van der Waals surface area contributed by atoms with Crippen LogP contribution in [0.25, 0.3) is 0 Å². The van der Waals surface area contributed by atoms with Crippen molar-refractivity contribution in [2.24, 2.45) is 0 Å². The van der Waals surface area contributed by atoms with E-state index < -0.39 is 0 Å². The maximum absolute atomic E-state index is 2.88. The van der Waals surface area contributed by atoms with Crippen LogP contribution in [0.3, 0.4) is 0 Å². The zero-order chi connectivity index (χ0) is 48.9. The van der Waals surface area contributed by atoms with Crippen LogP contribution in [0.2, 0.25) is 0 Å². The molecule has 0 radical (unpaired) electrons. The molecule has 4 heteroatoms. The van der Waals surface area contributed by atoms with Crippen LogP contribution in [-0.4, -0.2) is 79.0 Å². The van der Waals surface area contributed by atoms with Crippen LogP contribution < -0.4 is 0 Å². The molecule has 0 spiro atoms. The van der Waals surface area contributed by atoms with Crippen molar-refractivity contribution >= 4 is 0 Å². The lowest BCUT2D eigenvalue weighted by Crippen LogP contribution is -2.51. The van der Waals surface area contributed by atoms with E-state index in [0.29, 0.717) is 12.1 Å². The highest BCUT2D eigenvalue weighted by atomic mass is 15.2. The Morgan fingerprint density at radius 2 is 0.567 bits per heavy atom. The molecule has 67 heavy (non-hydrogen) atoms. The molecule has 0 N–H and O–H groups in total. The zero-order valence-electron chi connectivity index (χ0n) is 47.6. The van der Waals surface area contributed by atoms with Gasteiger partial charge in [0.25, 0.3) is 0 Å². The molecule has 398 valence electrons. The van der Waals surface area contributed by atoms with Gasteiger partial charge in [-0.3, -0.25) is 4.90 Å². The first kappa shape index (κ1) is 65.7. The Labute approximate surface area is 424 Å². The predicted octanol–water partition coefficient (Wildman–Crippen LogP) is 20.2. The van der Waals surface area contributed by atoms with Gasteiger partial charge in [0.2, 0.25) is 0 Å². The van der Waals surface area contributed by atoms with E-state index in [1.54, 1.807) is 0 Å². The summed E-state index contributed by atoms with van der Waals surface area (Å²) in [5.41, 5.74) is 0. The van der Waals surface area contributed by atoms with Gasteiger partial charge < -0.3 is 14.7 Å². The second-order valence-electron chi connectivity index (χ2n) is 21.7. The molecular formula is C63H126N4. The summed E-state index contributed by atoms with van der Waals surface area (Å²) in [7, 11) is 6.87. The van der Waals surface area contributed by atoms with Crippen molar-refractivity contribution in [3.05, 3.63) is 36.8 Å². The molecule has 0 aliphatic rings. The van der Waals surface area contributed by atoms with Gasteiger partial charge in [0.15, 0.2) is 0 Å². The fourth-order valence-corrected chi connectivity index (χ4v) is 10.2. The summed E-state index contributed by atoms with van der Waals surface area (Å²) in [6.45, 7) is 16.3. The summed E-state index contributed by atoms with van der Waals surface area (Å²) in [6.07, 6.45) is 74.5. The number of unbranched alkanes of at least 4 members (excludes halogenated alkanes) is 36. The van der Waals surface area contributed by atoms with Gasteiger partial charge in [-0.05, 0) is 117 Å². The standard InChI is InChI=1S/C63H126N4/c1-9-14-17-20-23-26-29-31-33-35-37-39-42-45-48-51-58-67(59-52-49-46-43-40-38-36-34-32-30-27-24-21-18-15-10-2)62(53-60-64(6)7)63(66(55-12-4)56-13-5)54-61-65(8)57-50-47-44-41-28-25-22-19-16-11-3/h50-52,57-59,62-63H,9-49,53-56,60-61H2,1-8H3. The van der Waals surface area contributed by atoms with Gasteiger partial charge in [-0.25, -0.2) is 0 Å². The lowest BCUT2D eigenvalue weighted by Gasteiger charge is -2.42. The Kier molecular flexibility index (Phi) is 53.1. The largest absolute Gasteiger partial charge is 0.381 e. The van der Waals surface area contributed by atoms with Crippen molar-refractivity contribution in [3.63, 3.8) is 0 Å². The monoisotopic (exact) mass is 939 g/mol. The van der Waals surface area contributed by atoms with Crippen LogP contribution in [-0.2, 0) is 0 Å². The molecule has 0 fully saturated rings. The number of rotatable bonds is 55. The van der Waals surface area contributed by atoms with E-state index in [1.807, 2.05) is 0 Å². The van der Waals surface area contributed by atoms with Crippen LogP contribution >= 0.6 is 0 Å². The molecule has 0 aromatic carbocycles. The summed E-state index contributed by atoms with van der Waals surface area (Å²) >= 11 is 0. The molecule has 0 rings (SSSR count). The Bertz CT molecular complexity index is 971. The highest BCUT2D eigenvalue weighted by Gasteiger charge is 2.30. The third-order valence-corrected chi connectivity index (χ3v) is 14.6.